The number of thiophene rings is 1. The van der Waals surface area contributed by atoms with Crippen LogP contribution in [0.5, 0.6) is 5.75 Å². The Kier molecular flexibility index (Phi) is 5.93. The molecule has 1 N–H and O–H groups in total. The molecule has 0 spiro atoms. The zero-order valence-corrected chi connectivity index (χ0v) is 15.9. The Morgan fingerprint density at radius 3 is 2.69 bits per heavy atom. The first-order chi connectivity index (χ1) is 12.6. The summed E-state index contributed by atoms with van der Waals surface area (Å²) in [7, 11) is 1.63. The molecule has 1 aliphatic heterocycles. The van der Waals surface area contributed by atoms with Crippen LogP contribution in [-0.2, 0) is 4.79 Å². The highest BCUT2D eigenvalue weighted by Crippen LogP contribution is 2.25. The molecule has 0 aliphatic carbocycles. The van der Waals surface area contributed by atoms with Crippen molar-refractivity contribution in [2.75, 3.05) is 13.7 Å². The van der Waals surface area contributed by atoms with Crippen molar-refractivity contribution in [3.63, 3.8) is 0 Å². The van der Waals surface area contributed by atoms with Crippen LogP contribution in [0.3, 0.4) is 0 Å². The van der Waals surface area contributed by atoms with Crippen LogP contribution in [0.4, 0.5) is 0 Å². The normalized spacial score (nSPS) is 17.8. The molecule has 2 atom stereocenters. The van der Waals surface area contributed by atoms with Crippen molar-refractivity contribution in [2.45, 2.75) is 38.3 Å². The van der Waals surface area contributed by atoms with Crippen molar-refractivity contribution < 1.29 is 14.3 Å². The smallest absolute Gasteiger partial charge is 0.264 e. The molecular weight excluding hydrogens is 348 g/mol. The summed E-state index contributed by atoms with van der Waals surface area (Å²) in [6, 6.07) is 10.9. The van der Waals surface area contributed by atoms with E-state index in [-0.39, 0.29) is 17.9 Å². The molecule has 138 valence electrons. The third-order valence-corrected chi connectivity index (χ3v) is 5.65. The van der Waals surface area contributed by atoms with Crippen LogP contribution in [0.25, 0.3) is 0 Å². The highest BCUT2D eigenvalue weighted by atomic mass is 32.1. The summed E-state index contributed by atoms with van der Waals surface area (Å²) in [6.45, 7) is 2.67. The van der Waals surface area contributed by atoms with Crippen molar-refractivity contribution in [1.29, 1.82) is 0 Å². The lowest BCUT2D eigenvalue weighted by molar-refractivity contribution is -0.125. The first kappa shape index (κ1) is 18.5. The van der Waals surface area contributed by atoms with E-state index in [1.807, 2.05) is 48.7 Å². The Labute approximate surface area is 158 Å². The van der Waals surface area contributed by atoms with E-state index in [0.29, 0.717) is 17.8 Å². The van der Waals surface area contributed by atoms with E-state index in [2.05, 4.69) is 5.32 Å². The summed E-state index contributed by atoms with van der Waals surface area (Å²) in [5.74, 6) is 0.670. The molecule has 1 saturated heterocycles. The van der Waals surface area contributed by atoms with E-state index in [1.165, 1.54) is 11.3 Å². The van der Waals surface area contributed by atoms with Gasteiger partial charge < -0.3 is 15.0 Å². The van der Waals surface area contributed by atoms with Gasteiger partial charge in [0.1, 0.15) is 11.8 Å². The fourth-order valence-electron chi connectivity index (χ4n) is 3.35. The number of carbonyl (C=O) groups is 2. The standard InChI is InChI=1S/C20H24N2O3S/c1-3-16(14-8-10-15(25-2)11-9-14)21-19(23)17-6-4-12-22(17)20(24)18-7-5-13-26-18/h5,7-11,13,16-17H,3-4,6,12H2,1-2H3,(H,21,23). The molecule has 1 aromatic carbocycles. The summed E-state index contributed by atoms with van der Waals surface area (Å²) in [5.41, 5.74) is 1.04. The molecule has 2 aromatic rings. The second kappa shape index (κ2) is 8.36. The van der Waals surface area contributed by atoms with Gasteiger partial charge in [0.2, 0.25) is 5.91 Å². The second-order valence-electron chi connectivity index (χ2n) is 6.38. The number of nitrogens with zero attached hydrogens (tertiary/aromatic N) is 1. The predicted octanol–water partition coefficient (Wildman–Crippen LogP) is 3.63. The number of amides is 2. The highest BCUT2D eigenvalue weighted by Gasteiger charge is 2.35. The first-order valence-corrected chi connectivity index (χ1v) is 9.80. The molecule has 2 unspecified atom stereocenters. The van der Waals surface area contributed by atoms with Gasteiger partial charge in [-0.15, -0.1) is 11.3 Å². The lowest BCUT2D eigenvalue weighted by Crippen LogP contribution is -2.46. The summed E-state index contributed by atoms with van der Waals surface area (Å²) in [6.07, 6.45) is 2.35. The number of benzene rings is 1. The molecule has 2 heterocycles. The van der Waals surface area contributed by atoms with E-state index < -0.39 is 6.04 Å². The van der Waals surface area contributed by atoms with Crippen molar-refractivity contribution in [3.05, 3.63) is 52.2 Å². The van der Waals surface area contributed by atoms with Gasteiger partial charge in [-0.25, -0.2) is 0 Å². The number of ether oxygens (including phenoxy) is 1. The molecule has 3 rings (SSSR count). The fraction of sp³-hybridized carbons (Fsp3) is 0.400. The quantitative estimate of drug-likeness (QED) is 0.842. The third kappa shape index (κ3) is 3.90. The predicted molar refractivity (Wildman–Crippen MR) is 103 cm³/mol. The molecule has 0 radical (unpaired) electrons. The third-order valence-electron chi connectivity index (χ3n) is 4.79. The van der Waals surface area contributed by atoms with E-state index in [4.69, 9.17) is 4.74 Å². The molecular formula is C20H24N2O3S. The fourth-order valence-corrected chi connectivity index (χ4v) is 4.03. The zero-order chi connectivity index (χ0) is 18.5. The summed E-state index contributed by atoms with van der Waals surface area (Å²) < 4.78 is 5.19. The van der Waals surface area contributed by atoms with E-state index in [0.717, 1.165) is 24.2 Å². The molecule has 2 amide bonds. The number of hydrogen-bond acceptors (Lipinski definition) is 4. The Bertz CT molecular complexity index is 743. The Balaban J connectivity index is 1.69. The number of rotatable bonds is 6. The summed E-state index contributed by atoms with van der Waals surface area (Å²) >= 11 is 1.42. The summed E-state index contributed by atoms with van der Waals surface area (Å²) in [5, 5.41) is 5.01. The van der Waals surface area contributed by atoms with E-state index in [1.54, 1.807) is 12.0 Å². The SMILES string of the molecule is CCC(NC(=O)C1CCCN1C(=O)c1cccs1)c1ccc(OC)cc1. The minimum atomic E-state index is -0.392. The average molecular weight is 372 g/mol. The molecule has 1 aromatic heterocycles. The van der Waals surface area contributed by atoms with E-state index >= 15 is 0 Å². The van der Waals surface area contributed by atoms with Crippen LogP contribution in [0.1, 0.15) is 47.5 Å². The molecule has 6 heteroatoms. The maximum absolute atomic E-state index is 12.9. The second-order valence-corrected chi connectivity index (χ2v) is 7.32. The van der Waals surface area contributed by atoms with Gasteiger partial charge in [0, 0.05) is 6.54 Å². The number of nitrogens with one attached hydrogen (secondary N) is 1. The van der Waals surface area contributed by atoms with Crippen LogP contribution in [0, 0.1) is 0 Å². The van der Waals surface area contributed by atoms with Crippen LogP contribution in [0.15, 0.2) is 41.8 Å². The van der Waals surface area contributed by atoms with Gasteiger partial charge >= 0.3 is 0 Å². The summed E-state index contributed by atoms with van der Waals surface area (Å²) in [4.78, 5) is 27.9. The molecule has 0 bridgehead atoms. The van der Waals surface area contributed by atoms with Gasteiger partial charge in [-0.05, 0) is 48.4 Å². The number of carbonyl (C=O) groups excluding carboxylic acids is 2. The maximum Gasteiger partial charge on any atom is 0.264 e. The Morgan fingerprint density at radius 2 is 2.08 bits per heavy atom. The maximum atomic E-state index is 12.9. The number of likely N-dealkylation sites (tertiary alicyclic amines) is 1. The van der Waals surface area contributed by atoms with Gasteiger partial charge in [-0.1, -0.05) is 25.1 Å². The van der Waals surface area contributed by atoms with Crippen LogP contribution in [-0.4, -0.2) is 36.4 Å². The topological polar surface area (TPSA) is 58.6 Å². The number of hydrogen-bond donors (Lipinski definition) is 1. The Morgan fingerprint density at radius 1 is 1.31 bits per heavy atom. The van der Waals surface area contributed by atoms with Crippen LogP contribution < -0.4 is 10.1 Å². The largest absolute Gasteiger partial charge is 0.497 e. The highest BCUT2D eigenvalue weighted by molar-refractivity contribution is 7.12. The minimum absolute atomic E-state index is 0.0462. The lowest BCUT2D eigenvalue weighted by atomic mass is 10.0. The lowest BCUT2D eigenvalue weighted by Gasteiger charge is -2.26. The van der Waals surface area contributed by atoms with Crippen molar-refractivity contribution in [1.82, 2.24) is 10.2 Å². The van der Waals surface area contributed by atoms with Gasteiger partial charge in [0.25, 0.3) is 5.91 Å². The first-order valence-electron chi connectivity index (χ1n) is 8.92. The van der Waals surface area contributed by atoms with Crippen molar-refractivity contribution >= 4 is 23.2 Å². The zero-order valence-electron chi connectivity index (χ0n) is 15.1. The van der Waals surface area contributed by atoms with Crippen molar-refractivity contribution in [2.24, 2.45) is 0 Å². The molecule has 5 nitrogen and oxygen atoms in total. The molecule has 1 fully saturated rings. The van der Waals surface area contributed by atoms with E-state index in [9.17, 15) is 9.59 Å². The van der Waals surface area contributed by atoms with Gasteiger partial charge in [0.05, 0.1) is 18.0 Å². The monoisotopic (exact) mass is 372 g/mol. The molecule has 1 aliphatic rings. The van der Waals surface area contributed by atoms with Gasteiger partial charge in [0.15, 0.2) is 0 Å². The number of methoxy groups -OCH3 is 1. The van der Waals surface area contributed by atoms with Crippen molar-refractivity contribution in [3.8, 4) is 5.75 Å². The van der Waals surface area contributed by atoms with Crippen LogP contribution in [0.2, 0.25) is 0 Å². The van der Waals surface area contributed by atoms with Crippen LogP contribution >= 0.6 is 11.3 Å². The van der Waals surface area contributed by atoms with Gasteiger partial charge in [-0.2, -0.15) is 0 Å². The minimum Gasteiger partial charge on any atom is -0.497 e. The van der Waals surface area contributed by atoms with Gasteiger partial charge in [-0.3, -0.25) is 9.59 Å². The molecule has 26 heavy (non-hydrogen) atoms. The average Bonchev–Trinajstić information content (AvgIpc) is 3.37. The molecule has 0 saturated carbocycles. The Hall–Kier alpha value is -2.34.